The Kier molecular flexibility index (Phi) is 5.08. The molecular formula is C21H22N4O3. The van der Waals surface area contributed by atoms with Crippen LogP contribution in [0.5, 0.6) is 5.75 Å². The summed E-state index contributed by atoms with van der Waals surface area (Å²) in [7, 11) is 1.64. The van der Waals surface area contributed by atoms with Crippen LogP contribution in [-0.2, 0) is 24.3 Å². The fourth-order valence-corrected chi connectivity index (χ4v) is 3.34. The number of fused-ring (bicyclic) bond motifs is 1. The van der Waals surface area contributed by atoms with Crippen LogP contribution in [0.4, 0.5) is 5.69 Å². The number of methoxy groups -OCH3 is 1. The maximum absolute atomic E-state index is 12.7. The Hall–Kier alpha value is -3.19. The number of amides is 1. The van der Waals surface area contributed by atoms with E-state index >= 15 is 0 Å². The zero-order chi connectivity index (χ0) is 19.5. The average molecular weight is 378 g/mol. The monoisotopic (exact) mass is 378 g/mol. The quantitative estimate of drug-likeness (QED) is 0.736. The van der Waals surface area contributed by atoms with Crippen LogP contribution in [0, 0.1) is 0 Å². The van der Waals surface area contributed by atoms with Crippen molar-refractivity contribution in [2.24, 2.45) is 0 Å². The summed E-state index contributed by atoms with van der Waals surface area (Å²) in [5.41, 5.74) is 3.90. The van der Waals surface area contributed by atoms with Crippen molar-refractivity contribution in [3.8, 4) is 5.75 Å². The third-order valence-electron chi connectivity index (χ3n) is 4.95. The highest BCUT2D eigenvalue weighted by Gasteiger charge is 2.28. The normalized spacial score (nSPS) is 15.7. The fraction of sp³-hybridized carbons (Fsp3) is 0.286. The van der Waals surface area contributed by atoms with Crippen molar-refractivity contribution in [3.63, 3.8) is 0 Å². The minimum absolute atomic E-state index is 0.142. The Morgan fingerprint density at radius 1 is 1.25 bits per heavy atom. The lowest BCUT2D eigenvalue weighted by Gasteiger charge is -2.24. The lowest BCUT2D eigenvalue weighted by atomic mass is 10.1. The maximum atomic E-state index is 12.7. The molecule has 1 aromatic heterocycles. The van der Waals surface area contributed by atoms with E-state index in [0.717, 1.165) is 29.0 Å². The van der Waals surface area contributed by atoms with Gasteiger partial charge in [-0.05, 0) is 35.7 Å². The highest BCUT2D eigenvalue weighted by molar-refractivity contribution is 6.04. The van der Waals surface area contributed by atoms with E-state index in [0.29, 0.717) is 17.9 Å². The number of anilines is 1. The van der Waals surface area contributed by atoms with Gasteiger partial charge in [-0.1, -0.05) is 42.5 Å². The van der Waals surface area contributed by atoms with Crippen molar-refractivity contribution < 1.29 is 14.3 Å². The number of benzene rings is 2. The van der Waals surface area contributed by atoms with Crippen LogP contribution in [0.2, 0.25) is 0 Å². The Balaban J connectivity index is 1.51. The minimum atomic E-state index is -0.270. The number of hydrogen-bond acceptors (Lipinski definition) is 5. The number of nitrogens with zero attached hydrogens (tertiary/aromatic N) is 3. The molecule has 1 amide bonds. The first-order valence-electron chi connectivity index (χ1n) is 9.26. The van der Waals surface area contributed by atoms with Gasteiger partial charge in [-0.15, -0.1) is 5.10 Å². The molecule has 0 unspecified atom stereocenters. The van der Waals surface area contributed by atoms with Crippen molar-refractivity contribution in [2.45, 2.75) is 32.6 Å². The third-order valence-corrected chi connectivity index (χ3v) is 4.95. The second-order valence-corrected chi connectivity index (χ2v) is 6.60. The number of rotatable bonds is 5. The molecule has 0 saturated heterocycles. The van der Waals surface area contributed by atoms with Gasteiger partial charge in [-0.2, -0.15) is 0 Å². The number of carbonyl (C=O) groups excluding carboxylic acids is 1. The molecular weight excluding hydrogens is 356 g/mol. The van der Waals surface area contributed by atoms with Crippen molar-refractivity contribution in [1.82, 2.24) is 15.0 Å². The predicted molar refractivity (Wildman–Crippen MR) is 104 cm³/mol. The first kappa shape index (κ1) is 18.2. The molecule has 4 rings (SSSR count). The van der Waals surface area contributed by atoms with E-state index < -0.39 is 0 Å². The number of hydrogen-bond donors (Lipinski definition) is 1. The Morgan fingerprint density at radius 2 is 2.04 bits per heavy atom. The highest BCUT2D eigenvalue weighted by Crippen LogP contribution is 2.28. The summed E-state index contributed by atoms with van der Waals surface area (Å²) in [6.45, 7) is 2.84. The van der Waals surface area contributed by atoms with E-state index in [4.69, 9.17) is 9.47 Å². The Bertz CT molecular complexity index is 982. The molecule has 3 aromatic rings. The van der Waals surface area contributed by atoms with Gasteiger partial charge in [-0.3, -0.25) is 4.79 Å². The molecule has 0 saturated carbocycles. The van der Waals surface area contributed by atoms with Gasteiger partial charge in [0.1, 0.15) is 11.9 Å². The molecule has 1 atom stereocenters. The largest absolute Gasteiger partial charge is 0.497 e. The van der Waals surface area contributed by atoms with E-state index in [1.54, 1.807) is 11.8 Å². The summed E-state index contributed by atoms with van der Waals surface area (Å²) in [5.74, 6) is 0.529. The summed E-state index contributed by atoms with van der Waals surface area (Å²) in [5, 5.41) is 11.2. The van der Waals surface area contributed by atoms with Crippen molar-refractivity contribution in [1.29, 1.82) is 0 Å². The SMILES string of the molecule is CCc1ccccc1NC(=O)c1nnn2c1CO[C@@H](c1ccc(OC)cc1)C2. The predicted octanol–water partition coefficient (Wildman–Crippen LogP) is 3.37. The van der Waals surface area contributed by atoms with Crippen LogP contribution in [0.1, 0.15) is 40.3 Å². The number of nitrogens with one attached hydrogen (secondary N) is 1. The van der Waals surface area contributed by atoms with Crippen LogP contribution in [0.15, 0.2) is 48.5 Å². The summed E-state index contributed by atoms with van der Waals surface area (Å²) in [6, 6.07) is 15.5. The minimum Gasteiger partial charge on any atom is -0.497 e. The molecule has 0 spiro atoms. The molecule has 1 aliphatic rings. The van der Waals surface area contributed by atoms with Gasteiger partial charge in [0.25, 0.3) is 5.91 Å². The summed E-state index contributed by atoms with van der Waals surface area (Å²) in [4.78, 5) is 12.7. The van der Waals surface area contributed by atoms with Gasteiger partial charge in [0.2, 0.25) is 0 Å². The molecule has 7 nitrogen and oxygen atoms in total. The Labute approximate surface area is 163 Å². The number of aryl methyl sites for hydroxylation is 1. The average Bonchev–Trinajstić information content (AvgIpc) is 3.17. The first-order valence-corrected chi connectivity index (χ1v) is 9.26. The van der Waals surface area contributed by atoms with E-state index in [1.165, 1.54) is 0 Å². The topological polar surface area (TPSA) is 78.3 Å². The number of carbonyl (C=O) groups is 1. The first-order chi connectivity index (χ1) is 13.7. The van der Waals surface area contributed by atoms with E-state index in [9.17, 15) is 4.79 Å². The molecule has 1 aliphatic heterocycles. The standard InChI is InChI=1S/C21H22N4O3/c1-3-14-6-4-5-7-17(14)22-21(26)20-18-13-28-19(12-25(18)24-23-20)15-8-10-16(27-2)11-9-15/h4-11,19H,3,12-13H2,1-2H3,(H,22,26)/t19-/m1/s1. The van der Waals surface area contributed by atoms with Crippen molar-refractivity contribution >= 4 is 11.6 Å². The van der Waals surface area contributed by atoms with Gasteiger partial charge >= 0.3 is 0 Å². The number of para-hydroxylation sites is 1. The van der Waals surface area contributed by atoms with E-state index in [-0.39, 0.29) is 18.6 Å². The lowest BCUT2D eigenvalue weighted by molar-refractivity contribution is -0.00173. The third kappa shape index (κ3) is 3.48. The molecule has 7 heteroatoms. The molecule has 28 heavy (non-hydrogen) atoms. The van der Waals surface area contributed by atoms with Gasteiger partial charge in [0, 0.05) is 5.69 Å². The zero-order valence-corrected chi connectivity index (χ0v) is 15.9. The van der Waals surface area contributed by atoms with Crippen LogP contribution < -0.4 is 10.1 Å². The molecule has 2 heterocycles. The van der Waals surface area contributed by atoms with Crippen LogP contribution in [0.3, 0.4) is 0 Å². The fourth-order valence-electron chi connectivity index (χ4n) is 3.34. The van der Waals surface area contributed by atoms with Gasteiger partial charge in [0.05, 0.1) is 26.0 Å². The number of ether oxygens (including phenoxy) is 2. The summed E-state index contributed by atoms with van der Waals surface area (Å²) >= 11 is 0. The van der Waals surface area contributed by atoms with Crippen LogP contribution in [-0.4, -0.2) is 28.0 Å². The lowest BCUT2D eigenvalue weighted by Crippen LogP contribution is -2.24. The summed E-state index contributed by atoms with van der Waals surface area (Å²) in [6.07, 6.45) is 0.694. The van der Waals surface area contributed by atoms with Crippen molar-refractivity contribution in [3.05, 3.63) is 71.0 Å². The van der Waals surface area contributed by atoms with Crippen LogP contribution in [0.25, 0.3) is 0 Å². The van der Waals surface area contributed by atoms with Crippen molar-refractivity contribution in [2.75, 3.05) is 12.4 Å². The molecule has 0 aliphatic carbocycles. The zero-order valence-electron chi connectivity index (χ0n) is 15.9. The van der Waals surface area contributed by atoms with Gasteiger partial charge in [0.15, 0.2) is 5.69 Å². The molecule has 144 valence electrons. The van der Waals surface area contributed by atoms with Gasteiger partial charge < -0.3 is 14.8 Å². The molecule has 0 fully saturated rings. The maximum Gasteiger partial charge on any atom is 0.278 e. The second kappa shape index (κ2) is 7.82. The summed E-state index contributed by atoms with van der Waals surface area (Å²) < 4.78 is 12.9. The van der Waals surface area contributed by atoms with Crippen LogP contribution >= 0.6 is 0 Å². The molecule has 0 bridgehead atoms. The highest BCUT2D eigenvalue weighted by atomic mass is 16.5. The molecule has 1 N–H and O–H groups in total. The van der Waals surface area contributed by atoms with E-state index in [1.807, 2.05) is 48.5 Å². The van der Waals surface area contributed by atoms with E-state index in [2.05, 4.69) is 22.6 Å². The Morgan fingerprint density at radius 3 is 2.79 bits per heavy atom. The smallest absolute Gasteiger partial charge is 0.278 e. The molecule has 2 aromatic carbocycles. The van der Waals surface area contributed by atoms with Gasteiger partial charge in [-0.25, -0.2) is 4.68 Å². The molecule has 0 radical (unpaired) electrons. The number of aromatic nitrogens is 3. The second-order valence-electron chi connectivity index (χ2n) is 6.60.